The maximum Gasteiger partial charge on any atom is 0.322 e. The molecule has 0 spiro atoms. The van der Waals surface area contributed by atoms with Gasteiger partial charge in [-0.2, -0.15) is 0 Å². The number of carboxylic acid groups (broad SMARTS) is 1. The fourth-order valence-corrected chi connectivity index (χ4v) is 1.72. The highest BCUT2D eigenvalue weighted by Crippen LogP contribution is 2.05. The molecule has 0 saturated carbocycles. The molecule has 0 aromatic rings. The molecule has 0 aliphatic heterocycles. The zero-order valence-electron chi connectivity index (χ0n) is 14.0. The second-order valence-corrected chi connectivity index (χ2v) is 5.85. The van der Waals surface area contributed by atoms with Crippen molar-refractivity contribution in [3.05, 3.63) is 0 Å². The van der Waals surface area contributed by atoms with E-state index >= 15 is 0 Å². The Kier molecular flexibility index (Phi) is 9.58. The van der Waals surface area contributed by atoms with E-state index in [9.17, 15) is 24.3 Å². The molecular formula is C14H26N4O6. The van der Waals surface area contributed by atoms with E-state index in [1.165, 1.54) is 6.92 Å². The number of nitrogens with one attached hydrogen (secondary N) is 3. The lowest BCUT2D eigenvalue weighted by Gasteiger charge is -2.22. The van der Waals surface area contributed by atoms with Crippen LogP contribution in [0.1, 0.15) is 27.2 Å². The third-order valence-corrected chi connectivity index (χ3v) is 3.02. The van der Waals surface area contributed by atoms with Crippen molar-refractivity contribution in [2.45, 2.75) is 45.4 Å². The quantitative estimate of drug-likeness (QED) is 0.255. The van der Waals surface area contributed by atoms with Crippen LogP contribution in [0.5, 0.6) is 0 Å². The van der Waals surface area contributed by atoms with Crippen molar-refractivity contribution < 1.29 is 29.4 Å². The molecule has 3 amide bonds. The SMILES string of the molecule is CC(C)CC(NC(=O)C(N)C(C)O)C(=O)NCC(=O)NCC(=O)O. The molecule has 0 aliphatic carbocycles. The fraction of sp³-hybridized carbons (Fsp3) is 0.714. The van der Waals surface area contributed by atoms with Crippen LogP contribution >= 0.6 is 0 Å². The van der Waals surface area contributed by atoms with E-state index in [1.807, 2.05) is 13.8 Å². The summed E-state index contributed by atoms with van der Waals surface area (Å²) < 4.78 is 0. The van der Waals surface area contributed by atoms with Crippen molar-refractivity contribution in [3.63, 3.8) is 0 Å². The summed E-state index contributed by atoms with van der Waals surface area (Å²) in [4.78, 5) is 45.7. The first kappa shape index (κ1) is 21.8. The number of hydrogen-bond donors (Lipinski definition) is 6. The molecule has 7 N–H and O–H groups in total. The minimum atomic E-state index is -1.20. The largest absolute Gasteiger partial charge is 0.480 e. The average Bonchev–Trinajstić information content (AvgIpc) is 2.48. The molecule has 0 heterocycles. The maximum absolute atomic E-state index is 12.1. The van der Waals surface area contributed by atoms with Gasteiger partial charge in [0, 0.05) is 0 Å². The molecule has 0 fully saturated rings. The number of amides is 3. The molecule has 3 atom stereocenters. The van der Waals surface area contributed by atoms with Crippen LogP contribution in [0.15, 0.2) is 0 Å². The second kappa shape index (κ2) is 10.6. The number of aliphatic hydroxyl groups excluding tert-OH is 1. The van der Waals surface area contributed by atoms with Crippen molar-refractivity contribution in [3.8, 4) is 0 Å². The van der Waals surface area contributed by atoms with E-state index < -0.39 is 55.0 Å². The van der Waals surface area contributed by atoms with Crippen LogP contribution in [0.25, 0.3) is 0 Å². The van der Waals surface area contributed by atoms with Crippen LogP contribution in [0.3, 0.4) is 0 Å². The minimum absolute atomic E-state index is 0.0738. The van der Waals surface area contributed by atoms with Crippen molar-refractivity contribution in [2.75, 3.05) is 13.1 Å². The maximum atomic E-state index is 12.1. The van der Waals surface area contributed by atoms with Crippen molar-refractivity contribution in [1.82, 2.24) is 16.0 Å². The highest BCUT2D eigenvalue weighted by molar-refractivity contribution is 5.92. The summed E-state index contributed by atoms with van der Waals surface area (Å²) in [5.41, 5.74) is 5.52. The zero-order valence-corrected chi connectivity index (χ0v) is 14.0. The Balaban J connectivity index is 4.63. The number of carbonyl (C=O) groups is 4. The summed E-state index contributed by atoms with van der Waals surface area (Å²) >= 11 is 0. The van der Waals surface area contributed by atoms with Gasteiger partial charge in [-0.1, -0.05) is 13.8 Å². The molecular weight excluding hydrogens is 320 g/mol. The van der Waals surface area contributed by atoms with Gasteiger partial charge in [-0.3, -0.25) is 19.2 Å². The molecule has 3 unspecified atom stereocenters. The lowest BCUT2D eigenvalue weighted by molar-refractivity contribution is -0.138. The Bertz CT molecular complexity index is 466. The number of nitrogens with two attached hydrogens (primary N) is 1. The van der Waals surface area contributed by atoms with Gasteiger partial charge in [0.1, 0.15) is 18.6 Å². The number of aliphatic carboxylic acids is 1. The molecule has 24 heavy (non-hydrogen) atoms. The monoisotopic (exact) mass is 346 g/mol. The molecule has 0 aromatic heterocycles. The van der Waals surface area contributed by atoms with E-state index in [-0.39, 0.29) is 5.92 Å². The van der Waals surface area contributed by atoms with Gasteiger partial charge < -0.3 is 31.9 Å². The van der Waals surface area contributed by atoms with Crippen molar-refractivity contribution in [1.29, 1.82) is 0 Å². The van der Waals surface area contributed by atoms with Crippen LogP contribution < -0.4 is 21.7 Å². The smallest absolute Gasteiger partial charge is 0.322 e. The van der Waals surface area contributed by atoms with Gasteiger partial charge >= 0.3 is 5.97 Å². The first-order valence-electron chi connectivity index (χ1n) is 7.54. The summed E-state index contributed by atoms with van der Waals surface area (Å²) in [5, 5.41) is 24.6. The molecule has 0 aromatic carbocycles. The third-order valence-electron chi connectivity index (χ3n) is 3.02. The summed E-state index contributed by atoms with van der Waals surface area (Å²) in [6.07, 6.45) is -0.768. The lowest BCUT2D eigenvalue weighted by atomic mass is 10.0. The molecule has 138 valence electrons. The number of carboxylic acids is 1. The summed E-state index contributed by atoms with van der Waals surface area (Å²) in [7, 11) is 0. The lowest BCUT2D eigenvalue weighted by Crippen LogP contribution is -2.55. The molecule has 0 aliphatic rings. The van der Waals surface area contributed by atoms with Crippen LogP contribution in [-0.2, 0) is 19.2 Å². The van der Waals surface area contributed by atoms with Gasteiger partial charge in [0.25, 0.3) is 0 Å². The topological polar surface area (TPSA) is 171 Å². The Hall–Kier alpha value is -2.20. The van der Waals surface area contributed by atoms with Crippen LogP contribution in [0.2, 0.25) is 0 Å². The van der Waals surface area contributed by atoms with Crippen LogP contribution in [0.4, 0.5) is 0 Å². The Morgan fingerprint density at radius 3 is 2.04 bits per heavy atom. The fourth-order valence-electron chi connectivity index (χ4n) is 1.72. The number of aliphatic hydroxyl groups is 1. The standard InChI is InChI=1S/C14H26N4O6/c1-7(2)4-9(18-14(24)12(15)8(3)19)13(23)17-5-10(20)16-6-11(21)22/h7-9,12,19H,4-6,15H2,1-3H3,(H,16,20)(H,17,23)(H,18,24)(H,21,22). The summed E-state index contributed by atoms with van der Waals surface area (Å²) in [5.74, 6) is -3.07. The van der Waals surface area contributed by atoms with Crippen LogP contribution in [-0.4, -0.2) is 65.2 Å². The van der Waals surface area contributed by atoms with E-state index in [0.29, 0.717) is 6.42 Å². The predicted molar refractivity (Wildman–Crippen MR) is 84.7 cm³/mol. The van der Waals surface area contributed by atoms with E-state index in [4.69, 9.17) is 10.8 Å². The normalized spacial score (nSPS) is 14.4. The number of rotatable bonds is 10. The zero-order chi connectivity index (χ0) is 18.9. The first-order chi connectivity index (χ1) is 11.0. The molecule has 10 nitrogen and oxygen atoms in total. The highest BCUT2D eigenvalue weighted by atomic mass is 16.4. The number of carbonyl (C=O) groups excluding carboxylic acids is 3. The minimum Gasteiger partial charge on any atom is -0.480 e. The molecule has 0 bridgehead atoms. The van der Waals surface area contributed by atoms with E-state index in [0.717, 1.165) is 0 Å². The molecule has 0 rings (SSSR count). The highest BCUT2D eigenvalue weighted by Gasteiger charge is 2.26. The average molecular weight is 346 g/mol. The summed E-state index contributed by atoms with van der Waals surface area (Å²) in [6.45, 7) is 4.08. The molecule has 0 saturated heterocycles. The summed E-state index contributed by atoms with van der Waals surface area (Å²) in [6, 6.07) is -2.10. The number of hydrogen-bond acceptors (Lipinski definition) is 6. The predicted octanol–water partition coefficient (Wildman–Crippen LogP) is -2.46. The molecule has 0 radical (unpaired) electrons. The van der Waals surface area contributed by atoms with Crippen molar-refractivity contribution >= 4 is 23.7 Å². The first-order valence-corrected chi connectivity index (χ1v) is 7.54. The molecule has 10 heteroatoms. The van der Waals surface area contributed by atoms with Gasteiger partial charge in [-0.25, -0.2) is 0 Å². The van der Waals surface area contributed by atoms with Crippen molar-refractivity contribution in [2.24, 2.45) is 11.7 Å². The van der Waals surface area contributed by atoms with Gasteiger partial charge in [0.05, 0.1) is 12.6 Å². The van der Waals surface area contributed by atoms with E-state index in [2.05, 4.69) is 16.0 Å². The van der Waals surface area contributed by atoms with Crippen LogP contribution in [0, 0.1) is 5.92 Å². The van der Waals surface area contributed by atoms with Gasteiger partial charge in [0.2, 0.25) is 17.7 Å². The van der Waals surface area contributed by atoms with E-state index in [1.54, 1.807) is 0 Å². The second-order valence-electron chi connectivity index (χ2n) is 5.85. The third kappa shape index (κ3) is 9.06. The van der Waals surface area contributed by atoms with Gasteiger partial charge in [-0.05, 0) is 19.3 Å². The Labute approximate surface area is 140 Å². The Morgan fingerprint density at radius 2 is 1.58 bits per heavy atom. The van der Waals surface area contributed by atoms with Gasteiger partial charge in [-0.15, -0.1) is 0 Å². The van der Waals surface area contributed by atoms with Gasteiger partial charge in [0.15, 0.2) is 0 Å². The Morgan fingerprint density at radius 1 is 1.00 bits per heavy atom.